The molecule has 102 valence electrons. The summed E-state index contributed by atoms with van der Waals surface area (Å²) in [5.41, 5.74) is 12.9. The van der Waals surface area contributed by atoms with Crippen molar-refractivity contribution in [2.24, 2.45) is 5.73 Å². The number of anilines is 1. The van der Waals surface area contributed by atoms with Crippen molar-refractivity contribution in [1.29, 1.82) is 0 Å². The summed E-state index contributed by atoms with van der Waals surface area (Å²) < 4.78 is 0. The quantitative estimate of drug-likeness (QED) is 0.862. The third kappa shape index (κ3) is 2.94. The molecule has 0 spiro atoms. The summed E-state index contributed by atoms with van der Waals surface area (Å²) in [6.07, 6.45) is 1.54. The number of aromatic nitrogens is 1. The summed E-state index contributed by atoms with van der Waals surface area (Å²) in [5.74, 6) is 0.451. The second-order valence-corrected chi connectivity index (χ2v) is 5.37. The van der Waals surface area contributed by atoms with Crippen molar-refractivity contribution < 1.29 is 0 Å². The van der Waals surface area contributed by atoms with Crippen molar-refractivity contribution in [2.45, 2.75) is 39.3 Å². The van der Waals surface area contributed by atoms with E-state index in [9.17, 15) is 0 Å². The van der Waals surface area contributed by atoms with Gasteiger partial charge in [0.25, 0.3) is 0 Å². The maximum atomic E-state index is 6.37. The van der Waals surface area contributed by atoms with Crippen LogP contribution >= 0.6 is 11.6 Å². The molecule has 0 aliphatic carbocycles. The first-order chi connectivity index (χ1) is 8.34. The van der Waals surface area contributed by atoms with Crippen LogP contribution in [0.5, 0.6) is 0 Å². The van der Waals surface area contributed by atoms with E-state index in [1.165, 1.54) is 6.20 Å². The number of halogens is 1. The van der Waals surface area contributed by atoms with E-state index in [4.69, 9.17) is 23.1 Å². The summed E-state index contributed by atoms with van der Waals surface area (Å²) in [6.45, 7) is 10.3. The normalized spacial score (nSPS) is 13.9. The Hall–Kier alpha value is -0.840. The highest BCUT2D eigenvalue weighted by Gasteiger charge is 2.33. The number of hydrogen-bond acceptors (Lipinski definition) is 4. The molecule has 18 heavy (non-hydrogen) atoms. The van der Waals surface area contributed by atoms with E-state index < -0.39 is 0 Å². The third-order valence-corrected chi connectivity index (χ3v) is 3.80. The number of pyridine rings is 1. The minimum Gasteiger partial charge on any atom is -0.383 e. The molecule has 0 saturated carbocycles. The summed E-state index contributed by atoms with van der Waals surface area (Å²) in [5, 5.41) is 0.560. The molecule has 4 N–H and O–H groups in total. The minimum atomic E-state index is -0.233. The van der Waals surface area contributed by atoms with E-state index in [2.05, 4.69) is 37.6 Å². The van der Waals surface area contributed by atoms with Crippen molar-refractivity contribution in [2.75, 3.05) is 18.8 Å². The molecule has 0 radical (unpaired) electrons. The number of likely N-dealkylation sites (N-methyl/N-ethyl adjacent to an activating group) is 1. The Labute approximate surface area is 114 Å². The van der Waals surface area contributed by atoms with Gasteiger partial charge in [-0.1, -0.05) is 25.4 Å². The smallest absolute Gasteiger partial charge is 0.128 e. The molecule has 4 nitrogen and oxygen atoms in total. The van der Waals surface area contributed by atoms with Crippen LogP contribution in [0.15, 0.2) is 12.3 Å². The highest BCUT2D eigenvalue weighted by molar-refractivity contribution is 6.30. The average Bonchev–Trinajstić information content (AvgIpc) is 2.32. The van der Waals surface area contributed by atoms with Crippen LogP contribution in [0.4, 0.5) is 5.82 Å². The van der Waals surface area contributed by atoms with E-state index in [1.54, 1.807) is 6.07 Å². The van der Waals surface area contributed by atoms with E-state index in [0.717, 1.165) is 18.7 Å². The highest BCUT2D eigenvalue weighted by atomic mass is 35.5. The zero-order valence-corrected chi connectivity index (χ0v) is 12.3. The van der Waals surface area contributed by atoms with Crippen LogP contribution in [0, 0.1) is 0 Å². The summed E-state index contributed by atoms with van der Waals surface area (Å²) in [4.78, 5) is 6.38. The van der Waals surface area contributed by atoms with Gasteiger partial charge in [-0.15, -0.1) is 0 Å². The molecule has 0 bridgehead atoms. The lowest BCUT2D eigenvalue weighted by Gasteiger charge is -2.42. The fourth-order valence-corrected chi connectivity index (χ4v) is 2.50. The molecule has 0 fully saturated rings. The van der Waals surface area contributed by atoms with E-state index >= 15 is 0 Å². The van der Waals surface area contributed by atoms with Gasteiger partial charge in [-0.05, 0) is 33.0 Å². The SMILES string of the molecule is CCN(CC)C(C)(C)C(N)c1cc(Cl)cnc1N. The van der Waals surface area contributed by atoms with Crippen LogP contribution in [0.2, 0.25) is 5.02 Å². The largest absolute Gasteiger partial charge is 0.383 e. The Balaban J connectivity index is 3.12. The predicted molar refractivity (Wildman–Crippen MR) is 77.6 cm³/mol. The Morgan fingerprint density at radius 2 is 1.94 bits per heavy atom. The topological polar surface area (TPSA) is 68.2 Å². The summed E-state index contributed by atoms with van der Waals surface area (Å²) in [6, 6.07) is 1.57. The number of rotatable bonds is 5. The van der Waals surface area contributed by atoms with Gasteiger partial charge >= 0.3 is 0 Å². The van der Waals surface area contributed by atoms with Crippen molar-refractivity contribution in [3.8, 4) is 0 Å². The van der Waals surface area contributed by atoms with Gasteiger partial charge in [-0.25, -0.2) is 4.98 Å². The first-order valence-electron chi connectivity index (χ1n) is 6.26. The van der Waals surface area contributed by atoms with E-state index in [0.29, 0.717) is 10.8 Å². The van der Waals surface area contributed by atoms with E-state index in [1.807, 2.05) is 0 Å². The van der Waals surface area contributed by atoms with Gasteiger partial charge in [0.05, 0.1) is 11.1 Å². The van der Waals surface area contributed by atoms with Gasteiger partial charge in [-0.2, -0.15) is 0 Å². The first-order valence-corrected chi connectivity index (χ1v) is 6.63. The van der Waals surface area contributed by atoms with Crippen LogP contribution in [-0.2, 0) is 0 Å². The van der Waals surface area contributed by atoms with Crippen molar-refractivity contribution >= 4 is 17.4 Å². The summed E-state index contributed by atoms with van der Waals surface area (Å²) in [7, 11) is 0. The van der Waals surface area contributed by atoms with Crippen LogP contribution in [0.1, 0.15) is 39.3 Å². The number of nitrogens with zero attached hydrogens (tertiary/aromatic N) is 2. The molecule has 0 aromatic carbocycles. The predicted octanol–water partition coefficient (Wildman–Crippen LogP) is 2.44. The molecule has 0 aliphatic rings. The fourth-order valence-electron chi connectivity index (χ4n) is 2.33. The average molecular weight is 271 g/mol. The van der Waals surface area contributed by atoms with Gasteiger partial charge in [0.15, 0.2) is 0 Å². The van der Waals surface area contributed by atoms with Crippen LogP contribution in [0.25, 0.3) is 0 Å². The monoisotopic (exact) mass is 270 g/mol. The van der Waals surface area contributed by atoms with Gasteiger partial charge < -0.3 is 11.5 Å². The zero-order valence-electron chi connectivity index (χ0n) is 11.6. The Kier molecular flexibility index (Phi) is 4.96. The molecular formula is C13H23ClN4. The molecular weight excluding hydrogens is 248 g/mol. The third-order valence-electron chi connectivity index (χ3n) is 3.59. The molecule has 5 heteroatoms. The van der Waals surface area contributed by atoms with Crippen molar-refractivity contribution in [3.63, 3.8) is 0 Å². The van der Waals surface area contributed by atoms with Gasteiger partial charge in [-0.3, -0.25) is 4.90 Å². The van der Waals surface area contributed by atoms with Gasteiger partial charge in [0.2, 0.25) is 0 Å². The molecule has 1 unspecified atom stereocenters. The Morgan fingerprint density at radius 1 is 1.39 bits per heavy atom. The standard InChI is InChI=1S/C13H23ClN4/c1-5-18(6-2)13(3,4)11(15)10-7-9(14)8-17-12(10)16/h7-8,11H,5-6,15H2,1-4H3,(H2,16,17). The Morgan fingerprint density at radius 3 is 2.44 bits per heavy atom. The number of hydrogen-bond donors (Lipinski definition) is 2. The summed E-state index contributed by atoms with van der Waals surface area (Å²) >= 11 is 5.97. The maximum Gasteiger partial charge on any atom is 0.128 e. The maximum absolute atomic E-state index is 6.37. The number of nitrogen functional groups attached to an aromatic ring is 1. The second-order valence-electron chi connectivity index (χ2n) is 4.93. The lowest BCUT2D eigenvalue weighted by molar-refractivity contribution is 0.107. The molecule has 0 amide bonds. The fraction of sp³-hybridized carbons (Fsp3) is 0.615. The van der Waals surface area contributed by atoms with Crippen LogP contribution in [-0.4, -0.2) is 28.5 Å². The second kappa shape index (κ2) is 5.87. The molecule has 1 heterocycles. The molecule has 1 aromatic heterocycles. The molecule has 0 saturated heterocycles. The lowest BCUT2D eigenvalue weighted by atomic mass is 9.87. The lowest BCUT2D eigenvalue weighted by Crippen LogP contribution is -2.51. The minimum absolute atomic E-state index is 0.204. The molecule has 1 aromatic rings. The van der Waals surface area contributed by atoms with E-state index in [-0.39, 0.29) is 11.6 Å². The van der Waals surface area contributed by atoms with Gasteiger partial charge in [0, 0.05) is 17.3 Å². The highest BCUT2D eigenvalue weighted by Crippen LogP contribution is 2.32. The van der Waals surface area contributed by atoms with Crippen molar-refractivity contribution in [1.82, 2.24) is 9.88 Å². The zero-order chi connectivity index (χ0) is 13.9. The molecule has 1 rings (SSSR count). The molecule has 0 aliphatic heterocycles. The molecule has 1 atom stereocenters. The van der Waals surface area contributed by atoms with Crippen LogP contribution in [0.3, 0.4) is 0 Å². The van der Waals surface area contributed by atoms with Crippen LogP contribution < -0.4 is 11.5 Å². The van der Waals surface area contributed by atoms with Gasteiger partial charge in [0.1, 0.15) is 5.82 Å². The Bertz CT molecular complexity index is 402. The van der Waals surface area contributed by atoms with Crippen molar-refractivity contribution in [3.05, 3.63) is 22.8 Å². The number of nitrogens with two attached hydrogens (primary N) is 2. The first kappa shape index (κ1) is 15.2.